The zero-order chi connectivity index (χ0) is 8.97. The van der Waals surface area contributed by atoms with Gasteiger partial charge in [0.05, 0.1) is 0 Å². The average Bonchev–Trinajstić information content (AvgIpc) is 2.09. The lowest BCUT2D eigenvalue weighted by atomic mass is 10.0. The molecular formula is C11H13N. The molecule has 1 rings (SSSR count). The van der Waals surface area contributed by atoms with Gasteiger partial charge < -0.3 is 4.85 Å². The van der Waals surface area contributed by atoms with Gasteiger partial charge in [0.2, 0.25) is 6.04 Å². The van der Waals surface area contributed by atoms with Gasteiger partial charge in [-0.05, 0) is 18.1 Å². The van der Waals surface area contributed by atoms with Gasteiger partial charge in [-0.2, -0.15) is 0 Å². The van der Waals surface area contributed by atoms with Crippen molar-refractivity contribution in [3.8, 4) is 0 Å². The first kappa shape index (κ1) is 8.80. The van der Waals surface area contributed by atoms with Crippen LogP contribution < -0.4 is 0 Å². The van der Waals surface area contributed by atoms with E-state index in [-0.39, 0.29) is 6.04 Å². The van der Waals surface area contributed by atoms with E-state index in [2.05, 4.69) is 23.9 Å². The number of rotatable bonds is 2. The zero-order valence-corrected chi connectivity index (χ0v) is 7.54. The highest BCUT2D eigenvalue weighted by atomic mass is 14.7. The molecule has 0 aliphatic heterocycles. The minimum atomic E-state index is 0.103. The van der Waals surface area contributed by atoms with E-state index in [1.807, 2.05) is 19.1 Å². The molecule has 0 spiro atoms. The summed E-state index contributed by atoms with van der Waals surface area (Å²) in [4.78, 5) is 3.47. The van der Waals surface area contributed by atoms with Crippen molar-refractivity contribution >= 4 is 0 Å². The molecule has 0 aliphatic carbocycles. The monoisotopic (exact) mass is 159 g/mol. The molecule has 0 radical (unpaired) electrons. The molecule has 0 saturated heterocycles. The summed E-state index contributed by atoms with van der Waals surface area (Å²) in [5.41, 5.74) is 2.58. The molecule has 1 nitrogen and oxygen atoms in total. The SMILES string of the molecule is [C-]#[N+]C(C)Cc1ccccc1C. The molecule has 0 saturated carbocycles. The van der Waals surface area contributed by atoms with Crippen LogP contribution >= 0.6 is 0 Å². The first-order valence-electron chi connectivity index (χ1n) is 4.15. The Bertz CT molecular complexity index is 296. The van der Waals surface area contributed by atoms with Gasteiger partial charge in [-0.3, -0.25) is 0 Å². The number of aryl methyl sites for hydroxylation is 1. The maximum atomic E-state index is 6.85. The summed E-state index contributed by atoms with van der Waals surface area (Å²) < 4.78 is 0. The van der Waals surface area contributed by atoms with Crippen LogP contribution in [0.1, 0.15) is 18.1 Å². The van der Waals surface area contributed by atoms with Crippen LogP contribution in [-0.2, 0) is 6.42 Å². The third-order valence-electron chi connectivity index (χ3n) is 2.00. The van der Waals surface area contributed by atoms with Crippen molar-refractivity contribution in [2.45, 2.75) is 26.3 Å². The number of benzene rings is 1. The molecule has 1 aromatic carbocycles. The molecule has 0 aliphatic rings. The van der Waals surface area contributed by atoms with Gasteiger partial charge in [0.25, 0.3) is 0 Å². The summed E-state index contributed by atoms with van der Waals surface area (Å²) in [6.07, 6.45) is 0.871. The van der Waals surface area contributed by atoms with Crippen molar-refractivity contribution in [3.63, 3.8) is 0 Å². The van der Waals surface area contributed by atoms with E-state index in [0.717, 1.165) is 6.42 Å². The second-order valence-electron chi connectivity index (χ2n) is 3.11. The van der Waals surface area contributed by atoms with Crippen LogP contribution in [0.2, 0.25) is 0 Å². The Morgan fingerprint density at radius 3 is 2.67 bits per heavy atom. The topological polar surface area (TPSA) is 4.36 Å². The van der Waals surface area contributed by atoms with Gasteiger partial charge in [-0.25, -0.2) is 6.57 Å². The van der Waals surface area contributed by atoms with Gasteiger partial charge in [0, 0.05) is 13.3 Å². The van der Waals surface area contributed by atoms with Crippen LogP contribution in [0.25, 0.3) is 4.85 Å². The highest BCUT2D eigenvalue weighted by molar-refractivity contribution is 5.26. The van der Waals surface area contributed by atoms with Crippen molar-refractivity contribution < 1.29 is 0 Å². The Morgan fingerprint density at radius 2 is 2.08 bits per heavy atom. The summed E-state index contributed by atoms with van der Waals surface area (Å²) in [6, 6.07) is 8.34. The molecule has 1 unspecified atom stereocenters. The molecular weight excluding hydrogens is 146 g/mol. The van der Waals surface area contributed by atoms with E-state index in [4.69, 9.17) is 6.57 Å². The van der Waals surface area contributed by atoms with E-state index in [1.54, 1.807) is 0 Å². The predicted octanol–water partition coefficient (Wildman–Crippen LogP) is 2.85. The lowest BCUT2D eigenvalue weighted by Gasteiger charge is -2.03. The minimum Gasteiger partial charge on any atom is -0.314 e. The van der Waals surface area contributed by atoms with E-state index in [1.165, 1.54) is 11.1 Å². The minimum absolute atomic E-state index is 0.103. The fourth-order valence-electron chi connectivity index (χ4n) is 1.20. The molecule has 0 bridgehead atoms. The number of hydrogen-bond donors (Lipinski definition) is 0. The number of nitrogens with zero attached hydrogens (tertiary/aromatic N) is 1. The van der Waals surface area contributed by atoms with Crippen LogP contribution in [0.5, 0.6) is 0 Å². The van der Waals surface area contributed by atoms with Gasteiger partial charge in [-0.15, -0.1) is 0 Å². The molecule has 0 aromatic heterocycles. The van der Waals surface area contributed by atoms with Crippen LogP contribution in [0.4, 0.5) is 0 Å². The van der Waals surface area contributed by atoms with Crippen LogP contribution in [0.15, 0.2) is 24.3 Å². The van der Waals surface area contributed by atoms with Crippen molar-refractivity contribution in [1.82, 2.24) is 0 Å². The molecule has 1 aromatic rings. The smallest absolute Gasteiger partial charge is 0.225 e. The third-order valence-corrected chi connectivity index (χ3v) is 2.00. The van der Waals surface area contributed by atoms with Crippen molar-refractivity contribution in [3.05, 3.63) is 46.8 Å². The quantitative estimate of drug-likeness (QED) is 0.584. The predicted molar refractivity (Wildman–Crippen MR) is 50.9 cm³/mol. The van der Waals surface area contributed by atoms with Crippen LogP contribution in [0.3, 0.4) is 0 Å². The van der Waals surface area contributed by atoms with E-state index in [9.17, 15) is 0 Å². The van der Waals surface area contributed by atoms with Gasteiger partial charge >= 0.3 is 0 Å². The van der Waals surface area contributed by atoms with Crippen LogP contribution in [0, 0.1) is 13.5 Å². The Balaban J connectivity index is 2.77. The van der Waals surface area contributed by atoms with E-state index in [0.29, 0.717) is 0 Å². The molecule has 1 heteroatoms. The Labute approximate surface area is 73.9 Å². The fourth-order valence-corrected chi connectivity index (χ4v) is 1.20. The highest BCUT2D eigenvalue weighted by Gasteiger charge is 2.06. The first-order valence-corrected chi connectivity index (χ1v) is 4.15. The Morgan fingerprint density at radius 1 is 1.42 bits per heavy atom. The van der Waals surface area contributed by atoms with Gasteiger partial charge in [0.1, 0.15) is 0 Å². The summed E-state index contributed by atoms with van der Waals surface area (Å²) in [5.74, 6) is 0. The second-order valence-corrected chi connectivity index (χ2v) is 3.11. The largest absolute Gasteiger partial charge is 0.314 e. The van der Waals surface area contributed by atoms with Gasteiger partial charge in [0.15, 0.2) is 0 Å². The Hall–Kier alpha value is -1.29. The summed E-state index contributed by atoms with van der Waals surface area (Å²) in [7, 11) is 0. The molecule has 0 amide bonds. The fraction of sp³-hybridized carbons (Fsp3) is 0.364. The molecule has 1 atom stereocenters. The molecule has 62 valence electrons. The zero-order valence-electron chi connectivity index (χ0n) is 7.54. The van der Waals surface area contributed by atoms with Crippen molar-refractivity contribution in [1.29, 1.82) is 0 Å². The lowest BCUT2D eigenvalue weighted by molar-refractivity contribution is 0.839. The van der Waals surface area contributed by atoms with Crippen molar-refractivity contribution in [2.75, 3.05) is 0 Å². The maximum absolute atomic E-state index is 6.85. The van der Waals surface area contributed by atoms with Gasteiger partial charge in [-0.1, -0.05) is 24.3 Å². The Kier molecular flexibility index (Phi) is 2.88. The highest BCUT2D eigenvalue weighted by Crippen LogP contribution is 2.10. The van der Waals surface area contributed by atoms with E-state index < -0.39 is 0 Å². The summed E-state index contributed by atoms with van der Waals surface area (Å²) >= 11 is 0. The third kappa shape index (κ3) is 2.10. The van der Waals surface area contributed by atoms with Crippen molar-refractivity contribution in [2.24, 2.45) is 0 Å². The average molecular weight is 159 g/mol. The first-order chi connectivity index (χ1) is 5.74. The van der Waals surface area contributed by atoms with E-state index >= 15 is 0 Å². The standard InChI is InChI=1S/C11H13N/c1-9-6-4-5-7-11(9)8-10(2)12-3/h4-7,10H,8H2,1-2H3. The molecule has 0 fully saturated rings. The lowest BCUT2D eigenvalue weighted by Crippen LogP contribution is -2.01. The summed E-state index contributed by atoms with van der Waals surface area (Å²) in [5, 5.41) is 0. The van der Waals surface area contributed by atoms with Crippen LogP contribution in [-0.4, -0.2) is 6.04 Å². The molecule has 0 N–H and O–H groups in total. The normalized spacial score (nSPS) is 12.1. The second kappa shape index (κ2) is 3.92. The summed E-state index contributed by atoms with van der Waals surface area (Å²) in [6.45, 7) is 10.9. The maximum Gasteiger partial charge on any atom is 0.225 e. The molecule has 12 heavy (non-hydrogen) atoms. The molecule has 0 heterocycles. The number of hydrogen-bond acceptors (Lipinski definition) is 0.